The van der Waals surface area contributed by atoms with Crippen molar-refractivity contribution >= 4 is 11.8 Å². The Labute approximate surface area is 152 Å². The van der Waals surface area contributed by atoms with E-state index in [0.717, 1.165) is 18.4 Å². The Bertz CT molecular complexity index is 817. The van der Waals surface area contributed by atoms with E-state index in [1.165, 1.54) is 4.90 Å². The minimum atomic E-state index is -0.940. The summed E-state index contributed by atoms with van der Waals surface area (Å²) in [6.07, 6.45) is 1.27. The number of likely N-dealkylation sites (tertiary alicyclic amines) is 1. The van der Waals surface area contributed by atoms with Gasteiger partial charge in [-0.15, -0.1) is 0 Å². The first-order valence-corrected chi connectivity index (χ1v) is 8.56. The third-order valence-electron chi connectivity index (χ3n) is 4.76. The molecule has 3 N–H and O–H groups in total. The van der Waals surface area contributed by atoms with Gasteiger partial charge in [0.1, 0.15) is 24.0 Å². The predicted molar refractivity (Wildman–Crippen MR) is 97.9 cm³/mol. The van der Waals surface area contributed by atoms with Gasteiger partial charge in [0.2, 0.25) is 0 Å². The molecule has 0 radical (unpaired) electrons. The second-order valence-corrected chi connectivity index (χ2v) is 6.41. The molecule has 1 aliphatic heterocycles. The maximum atomic E-state index is 11.8. The Hall–Kier alpha value is -3.20. The maximum Gasteiger partial charge on any atom is 0.407 e. The topological polar surface area (TPSA) is 99.6 Å². The number of carboxylic acid groups (broad SMARTS) is 1. The number of nitrogens with zero attached hydrogens (tertiary/aromatic N) is 2. The SMILES string of the molecule is N#Cc1c(N)cccc1OCC1CCC(Cc2ccccc2)N1C(=O)O. The summed E-state index contributed by atoms with van der Waals surface area (Å²) in [6.45, 7) is 0.204. The van der Waals surface area contributed by atoms with Gasteiger partial charge in [0.25, 0.3) is 0 Å². The molecular weight excluding hydrogens is 330 g/mol. The van der Waals surface area contributed by atoms with Gasteiger partial charge in [-0.25, -0.2) is 4.79 Å². The predicted octanol–water partition coefficient (Wildman–Crippen LogP) is 3.27. The van der Waals surface area contributed by atoms with E-state index in [2.05, 4.69) is 0 Å². The van der Waals surface area contributed by atoms with Gasteiger partial charge in [0.15, 0.2) is 0 Å². The van der Waals surface area contributed by atoms with E-state index in [9.17, 15) is 15.2 Å². The van der Waals surface area contributed by atoms with Crippen molar-refractivity contribution in [2.75, 3.05) is 12.3 Å². The van der Waals surface area contributed by atoms with E-state index < -0.39 is 6.09 Å². The second kappa shape index (κ2) is 7.79. The number of amides is 1. The van der Waals surface area contributed by atoms with Gasteiger partial charge in [-0.3, -0.25) is 4.90 Å². The molecule has 2 unspecified atom stereocenters. The van der Waals surface area contributed by atoms with Crippen LogP contribution in [0.4, 0.5) is 10.5 Å². The molecule has 0 aromatic heterocycles. The number of nitrogen functional groups attached to an aromatic ring is 1. The van der Waals surface area contributed by atoms with Gasteiger partial charge in [0, 0.05) is 6.04 Å². The van der Waals surface area contributed by atoms with Crippen LogP contribution in [0, 0.1) is 11.3 Å². The van der Waals surface area contributed by atoms with Crippen molar-refractivity contribution in [3.63, 3.8) is 0 Å². The number of nitrogens with two attached hydrogens (primary N) is 1. The summed E-state index contributed by atoms with van der Waals surface area (Å²) in [5.74, 6) is 0.393. The van der Waals surface area contributed by atoms with Crippen LogP contribution in [0.1, 0.15) is 24.0 Å². The van der Waals surface area contributed by atoms with Crippen LogP contribution in [0.15, 0.2) is 48.5 Å². The van der Waals surface area contributed by atoms with Gasteiger partial charge in [-0.1, -0.05) is 36.4 Å². The standard InChI is InChI=1S/C20H21N3O3/c21-12-17-18(22)7-4-8-19(17)26-13-16-10-9-15(23(16)20(24)25)11-14-5-2-1-3-6-14/h1-8,15-16H,9-11,13,22H2,(H,24,25). The third kappa shape index (κ3) is 3.72. The summed E-state index contributed by atoms with van der Waals surface area (Å²) in [6, 6.07) is 16.6. The molecule has 0 spiro atoms. The lowest BCUT2D eigenvalue weighted by Crippen LogP contribution is -2.43. The second-order valence-electron chi connectivity index (χ2n) is 6.41. The molecule has 6 heteroatoms. The zero-order chi connectivity index (χ0) is 18.5. The molecule has 2 aromatic carbocycles. The summed E-state index contributed by atoms with van der Waals surface area (Å²) in [4.78, 5) is 13.3. The fourth-order valence-corrected chi connectivity index (χ4v) is 3.50. The molecule has 0 aliphatic carbocycles. The van der Waals surface area contributed by atoms with Crippen LogP contribution >= 0.6 is 0 Å². The number of hydrogen-bond acceptors (Lipinski definition) is 4. The number of benzene rings is 2. The highest BCUT2D eigenvalue weighted by Gasteiger charge is 2.37. The first-order valence-electron chi connectivity index (χ1n) is 8.56. The van der Waals surface area contributed by atoms with Crippen LogP contribution in [-0.4, -0.2) is 34.8 Å². The molecule has 1 heterocycles. The van der Waals surface area contributed by atoms with E-state index in [4.69, 9.17) is 10.5 Å². The first kappa shape index (κ1) is 17.6. The molecule has 134 valence electrons. The van der Waals surface area contributed by atoms with Crippen molar-refractivity contribution < 1.29 is 14.6 Å². The Morgan fingerprint density at radius 2 is 1.92 bits per heavy atom. The summed E-state index contributed by atoms with van der Waals surface area (Å²) in [5, 5.41) is 18.9. The zero-order valence-corrected chi connectivity index (χ0v) is 14.3. The number of rotatable bonds is 5. The number of anilines is 1. The Kier molecular flexibility index (Phi) is 5.28. The van der Waals surface area contributed by atoms with E-state index in [-0.39, 0.29) is 24.3 Å². The van der Waals surface area contributed by atoms with Gasteiger partial charge < -0.3 is 15.6 Å². The number of ether oxygens (including phenoxy) is 1. The minimum absolute atomic E-state index is 0.0696. The Balaban J connectivity index is 1.69. The van der Waals surface area contributed by atoms with Gasteiger partial charge in [-0.2, -0.15) is 5.26 Å². The largest absolute Gasteiger partial charge is 0.490 e. The van der Waals surface area contributed by atoms with Gasteiger partial charge in [-0.05, 0) is 37.0 Å². The van der Waals surface area contributed by atoms with Crippen LogP contribution in [0.2, 0.25) is 0 Å². The van der Waals surface area contributed by atoms with Crippen LogP contribution < -0.4 is 10.5 Å². The molecule has 3 rings (SSSR count). The molecule has 26 heavy (non-hydrogen) atoms. The molecule has 1 aliphatic rings. The summed E-state index contributed by atoms with van der Waals surface area (Å²) >= 11 is 0. The van der Waals surface area contributed by atoms with Crippen LogP contribution in [0.5, 0.6) is 5.75 Å². The summed E-state index contributed by atoms with van der Waals surface area (Å²) < 4.78 is 5.76. The van der Waals surface area contributed by atoms with Gasteiger partial charge in [0.05, 0.1) is 11.7 Å². The van der Waals surface area contributed by atoms with Crippen LogP contribution in [0.25, 0.3) is 0 Å². The highest BCUT2D eigenvalue weighted by Crippen LogP contribution is 2.29. The lowest BCUT2D eigenvalue weighted by Gasteiger charge is -2.28. The summed E-state index contributed by atoms with van der Waals surface area (Å²) in [7, 11) is 0. The molecule has 1 amide bonds. The van der Waals surface area contributed by atoms with Crippen LogP contribution in [0.3, 0.4) is 0 Å². The van der Waals surface area contributed by atoms with E-state index in [1.54, 1.807) is 18.2 Å². The molecule has 1 fully saturated rings. The average molecular weight is 351 g/mol. The monoisotopic (exact) mass is 351 g/mol. The highest BCUT2D eigenvalue weighted by atomic mass is 16.5. The van der Waals surface area contributed by atoms with Crippen molar-refractivity contribution in [2.24, 2.45) is 0 Å². The van der Waals surface area contributed by atoms with Crippen LogP contribution in [-0.2, 0) is 6.42 Å². The lowest BCUT2D eigenvalue weighted by atomic mass is 10.0. The maximum absolute atomic E-state index is 11.8. The quantitative estimate of drug-likeness (QED) is 0.805. The smallest absolute Gasteiger partial charge is 0.407 e. The third-order valence-corrected chi connectivity index (χ3v) is 4.76. The minimum Gasteiger partial charge on any atom is -0.490 e. The fraction of sp³-hybridized carbons (Fsp3) is 0.300. The number of hydrogen-bond donors (Lipinski definition) is 2. The highest BCUT2D eigenvalue weighted by molar-refractivity contribution is 5.66. The Morgan fingerprint density at radius 3 is 2.62 bits per heavy atom. The molecule has 2 atom stereocenters. The molecular formula is C20H21N3O3. The van der Waals surface area contributed by atoms with E-state index in [0.29, 0.717) is 17.9 Å². The normalized spacial score (nSPS) is 19.1. The fourth-order valence-electron chi connectivity index (χ4n) is 3.50. The van der Waals surface area contributed by atoms with E-state index >= 15 is 0 Å². The molecule has 2 aromatic rings. The number of carbonyl (C=O) groups is 1. The van der Waals surface area contributed by atoms with Crippen molar-refractivity contribution in [1.82, 2.24) is 4.90 Å². The molecule has 1 saturated heterocycles. The Morgan fingerprint density at radius 1 is 1.19 bits per heavy atom. The lowest BCUT2D eigenvalue weighted by molar-refractivity contribution is 0.104. The van der Waals surface area contributed by atoms with Crippen molar-refractivity contribution in [3.8, 4) is 11.8 Å². The summed E-state index contributed by atoms with van der Waals surface area (Å²) in [5.41, 5.74) is 7.55. The van der Waals surface area contributed by atoms with E-state index in [1.807, 2.05) is 36.4 Å². The average Bonchev–Trinajstić information content (AvgIpc) is 3.03. The van der Waals surface area contributed by atoms with Crippen molar-refractivity contribution in [3.05, 3.63) is 59.7 Å². The molecule has 0 bridgehead atoms. The zero-order valence-electron chi connectivity index (χ0n) is 14.3. The van der Waals surface area contributed by atoms with Crippen molar-refractivity contribution in [2.45, 2.75) is 31.3 Å². The van der Waals surface area contributed by atoms with Crippen molar-refractivity contribution in [1.29, 1.82) is 5.26 Å². The van der Waals surface area contributed by atoms with Gasteiger partial charge >= 0.3 is 6.09 Å². The first-order chi connectivity index (χ1) is 12.6. The molecule has 6 nitrogen and oxygen atoms in total. The molecule has 0 saturated carbocycles. The number of nitriles is 1.